The minimum atomic E-state index is -1.47. The maximum absolute atomic E-state index is 11.2. The van der Waals surface area contributed by atoms with E-state index in [1.807, 2.05) is 0 Å². The normalized spacial score (nSPS) is 11.9. The molecule has 8 heteroatoms. The molecule has 1 aromatic carbocycles. The lowest BCUT2D eigenvalue weighted by atomic mass is 10.0. The van der Waals surface area contributed by atoms with Crippen LogP contribution in [0.25, 0.3) is 0 Å². The predicted molar refractivity (Wildman–Crippen MR) is 58.7 cm³/mol. The molecule has 3 N–H and O–H groups in total. The summed E-state index contributed by atoms with van der Waals surface area (Å²) >= 11 is 5.60. The maximum Gasteiger partial charge on any atom is 0.327 e. The number of carbonyl (C=O) groups is 1. The molecule has 0 aliphatic heterocycles. The fourth-order valence-electron chi connectivity index (χ4n) is 1.28. The molecule has 17 heavy (non-hydrogen) atoms. The third-order valence-electron chi connectivity index (χ3n) is 2.11. The molecule has 0 heterocycles. The van der Waals surface area contributed by atoms with Gasteiger partial charge in [-0.1, -0.05) is 11.6 Å². The number of methoxy groups -OCH3 is 1. The van der Waals surface area contributed by atoms with Gasteiger partial charge < -0.3 is 15.6 Å². The van der Waals surface area contributed by atoms with Gasteiger partial charge >= 0.3 is 5.97 Å². The number of benzene rings is 1. The Balaban J connectivity index is 3.42. The first-order valence-electron chi connectivity index (χ1n) is 4.39. The number of nitrogens with zero attached hydrogens (tertiary/aromatic N) is 1. The van der Waals surface area contributed by atoms with Crippen LogP contribution in [-0.2, 0) is 9.53 Å². The van der Waals surface area contributed by atoms with E-state index >= 15 is 0 Å². The van der Waals surface area contributed by atoms with E-state index in [2.05, 4.69) is 4.74 Å². The Labute approximate surface area is 101 Å². The van der Waals surface area contributed by atoms with Crippen molar-refractivity contribution in [2.45, 2.75) is 6.04 Å². The molecule has 0 saturated heterocycles. The molecular weight excluding hydrogens is 252 g/mol. The summed E-state index contributed by atoms with van der Waals surface area (Å²) in [7, 11) is 1.08. The summed E-state index contributed by atoms with van der Waals surface area (Å²) in [4.78, 5) is 21.2. The van der Waals surface area contributed by atoms with Gasteiger partial charge in [-0.2, -0.15) is 0 Å². The highest BCUT2D eigenvalue weighted by Crippen LogP contribution is 2.37. The third kappa shape index (κ3) is 2.45. The summed E-state index contributed by atoms with van der Waals surface area (Å²) in [6, 6.07) is 0.724. The van der Waals surface area contributed by atoms with Crippen LogP contribution in [0.3, 0.4) is 0 Å². The zero-order valence-corrected chi connectivity index (χ0v) is 9.47. The molecule has 1 aromatic rings. The van der Waals surface area contributed by atoms with Crippen LogP contribution in [0.15, 0.2) is 12.1 Å². The number of nitro groups is 1. The number of carbonyl (C=O) groups excluding carboxylic acids is 1. The number of hydrogen-bond donors (Lipinski definition) is 2. The van der Waals surface area contributed by atoms with E-state index < -0.39 is 28.4 Å². The second-order valence-electron chi connectivity index (χ2n) is 3.09. The van der Waals surface area contributed by atoms with Crippen molar-refractivity contribution in [1.82, 2.24) is 0 Å². The van der Waals surface area contributed by atoms with Gasteiger partial charge in [0.1, 0.15) is 17.4 Å². The van der Waals surface area contributed by atoms with E-state index in [0.29, 0.717) is 0 Å². The van der Waals surface area contributed by atoms with Crippen LogP contribution < -0.4 is 5.73 Å². The van der Waals surface area contributed by atoms with Gasteiger partial charge in [-0.05, 0) is 6.07 Å². The van der Waals surface area contributed by atoms with Crippen LogP contribution in [0.5, 0.6) is 5.75 Å². The molecule has 0 amide bonds. The molecule has 0 aliphatic carbocycles. The lowest BCUT2D eigenvalue weighted by Crippen LogP contribution is -2.23. The van der Waals surface area contributed by atoms with Gasteiger partial charge in [-0.3, -0.25) is 10.1 Å². The molecule has 0 aliphatic rings. The third-order valence-corrected chi connectivity index (χ3v) is 2.41. The van der Waals surface area contributed by atoms with Gasteiger partial charge in [-0.25, -0.2) is 4.79 Å². The number of aromatic hydroxyl groups is 1. The number of nitrogens with two attached hydrogens (primary N) is 1. The van der Waals surface area contributed by atoms with Gasteiger partial charge in [0, 0.05) is 6.07 Å². The van der Waals surface area contributed by atoms with E-state index in [0.717, 1.165) is 19.2 Å². The molecule has 0 bridgehead atoms. The van der Waals surface area contributed by atoms with Gasteiger partial charge in [0.15, 0.2) is 0 Å². The lowest BCUT2D eigenvalue weighted by molar-refractivity contribution is -0.385. The Bertz CT molecular complexity index is 477. The summed E-state index contributed by atoms with van der Waals surface area (Å²) in [6.45, 7) is 0. The smallest absolute Gasteiger partial charge is 0.327 e. The first-order chi connectivity index (χ1) is 7.90. The number of halogens is 1. The van der Waals surface area contributed by atoms with Gasteiger partial charge in [-0.15, -0.1) is 0 Å². The van der Waals surface area contributed by atoms with E-state index in [9.17, 15) is 20.0 Å². The summed E-state index contributed by atoms with van der Waals surface area (Å²) < 4.78 is 4.36. The predicted octanol–water partition coefficient (Wildman–Crippen LogP) is 1.13. The maximum atomic E-state index is 11.2. The topological polar surface area (TPSA) is 116 Å². The van der Waals surface area contributed by atoms with Gasteiger partial charge in [0.2, 0.25) is 0 Å². The zero-order chi connectivity index (χ0) is 13.2. The molecule has 0 radical (unpaired) electrons. The molecule has 92 valence electrons. The molecule has 7 nitrogen and oxygen atoms in total. The van der Waals surface area contributed by atoms with Crippen LogP contribution in [0.2, 0.25) is 5.02 Å². The first kappa shape index (κ1) is 13.2. The lowest BCUT2D eigenvalue weighted by Gasteiger charge is -2.12. The van der Waals surface area contributed by atoms with Crippen molar-refractivity contribution < 1.29 is 19.6 Å². The van der Waals surface area contributed by atoms with Crippen LogP contribution in [0, 0.1) is 10.1 Å². The Morgan fingerprint density at radius 1 is 1.65 bits per heavy atom. The van der Waals surface area contributed by atoms with Gasteiger partial charge in [0.05, 0.1) is 17.1 Å². The molecule has 0 saturated carbocycles. The van der Waals surface area contributed by atoms with Crippen molar-refractivity contribution in [2.75, 3.05) is 7.11 Å². The van der Waals surface area contributed by atoms with Crippen LogP contribution in [0.1, 0.15) is 11.6 Å². The summed E-state index contributed by atoms with van der Waals surface area (Å²) in [5.74, 6) is -1.51. The minimum absolute atomic E-state index is 0.134. The fourth-order valence-corrected chi connectivity index (χ4v) is 1.45. The monoisotopic (exact) mass is 260 g/mol. The standard InChI is InChI=1S/C9H9ClN2O5/c1-17-9(14)7(11)6-5(12(15)16)3-2-4(10)8(6)13/h2-3,7,13H,11H2,1H3/t7-/m1/s1. The van der Waals surface area contributed by atoms with Crippen molar-refractivity contribution in [3.05, 3.63) is 32.8 Å². The second-order valence-corrected chi connectivity index (χ2v) is 3.49. The quantitative estimate of drug-likeness (QED) is 0.478. The van der Waals surface area contributed by atoms with Crippen molar-refractivity contribution in [1.29, 1.82) is 0 Å². The molecule has 0 spiro atoms. The van der Waals surface area contributed by atoms with Gasteiger partial charge in [0.25, 0.3) is 5.69 Å². The highest BCUT2D eigenvalue weighted by atomic mass is 35.5. The Morgan fingerprint density at radius 2 is 2.24 bits per heavy atom. The summed E-state index contributed by atoms with van der Waals surface area (Å²) in [6.07, 6.45) is 0. The van der Waals surface area contributed by atoms with Crippen molar-refractivity contribution in [3.8, 4) is 5.75 Å². The summed E-state index contributed by atoms with van der Waals surface area (Å²) in [5.41, 5.74) is 4.60. The Hall–Kier alpha value is -1.86. The van der Waals surface area contributed by atoms with E-state index in [1.165, 1.54) is 0 Å². The number of nitro benzene ring substituents is 1. The van der Waals surface area contributed by atoms with Crippen LogP contribution in [-0.4, -0.2) is 23.1 Å². The largest absolute Gasteiger partial charge is 0.506 e. The number of hydrogen-bond acceptors (Lipinski definition) is 6. The molecule has 0 fully saturated rings. The number of rotatable bonds is 3. The zero-order valence-electron chi connectivity index (χ0n) is 8.71. The average Bonchev–Trinajstić information content (AvgIpc) is 2.30. The number of ether oxygens (including phenoxy) is 1. The van der Waals surface area contributed by atoms with E-state index in [1.54, 1.807) is 0 Å². The Kier molecular flexibility index (Phi) is 3.87. The molecule has 0 unspecified atom stereocenters. The van der Waals surface area contributed by atoms with Crippen molar-refractivity contribution >= 4 is 23.3 Å². The Morgan fingerprint density at radius 3 is 2.71 bits per heavy atom. The SMILES string of the molecule is COC(=O)[C@H](N)c1c([N+](=O)[O-])ccc(Cl)c1O. The fraction of sp³-hybridized carbons (Fsp3) is 0.222. The highest BCUT2D eigenvalue weighted by Gasteiger charge is 2.30. The van der Waals surface area contributed by atoms with Crippen LogP contribution in [0.4, 0.5) is 5.69 Å². The van der Waals surface area contributed by atoms with Crippen molar-refractivity contribution in [3.63, 3.8) is 0 Å². The average molecular weight is 261 g/mol. The highest BCUT2D eigenvalue weighted by molar-refractivity contribution is 6.32. The molecular formula is C9H9ClN2O5. The molecule has 1 rings (SSSR count). The number of phenolic OH excluding ortho intramolecular Hbond substituents is 1. The number of phenols is 1. The molecule has 0 aromatic heterocycles. The second kappa shape index (κ2) is 4.98. The van der Waals surface area contributed by atoms with Crippen LogP contribution >= 0.6 is 11.6 Å². The number of esters is 1. The minimum Gasteiger partial charge on any atom is -0.506 e. The first-order valence-corrected chi connectivity index (χ1v) is 4.77. The van der Waals surface area contributed by atoms with Crippen molar-refractivity contribution in [2.24, 2.45) is 5.73 Å². The molecule has 1 atom stereocenters. The van der Waals surface area contributed by atoms with E-state index in [-0.39, 0.29) is 10.6 Å². The summed E-state index contributed by atoms with van der Waals surface area (Å²) in [5, 5.41) is 20.2. The van der Waals surface area contributed by atoms with E-state index in [4.69, 9.17) is 17.3 Å².